The predicted molar refractivity (Wildman–Crippen MR) is 200 cm³/mol. The molecular weight excluding hydrogens is 699 g/mol. The highest BCUT2D eigenvalue weighted by Gasteiger charge is 2.62. The van der Waals surface area contributed by atoms with E-state index >= 15 is 0 Å². The van der Waals surface area contributed by atoms with Gasteiger partial charge in [0.1, 0.15) is 40.8 Å². The number of aliphatic carboxylic acids is 1. The number of carbonyl (C=O) groups is 4. The molecule has 2 aromatic heterocycles. The summed E-state index contributed by atoms with van der Waals surface area (Å²) in [5, 5.41) is 17.6. The molecule has 5 atom stereocenters. The summed E-state index contributed by atoms with van der Waals surface area (Å²) in [7, 11) is 1.59. The standard InChI is InChI=1S/C39H51N5O8S/c1-22(2)34-40-20-32(53-34)29-18-31(26-15-14-24(50-6)16-28(26)41-29)51-25-17-30-33(45)43-39(36(47)48)19-23(39)12-10-8-7-9-11-13-27(35(46)44(30)21-25)42-37(49)52-38(3,4)5/h14-16,18,20,22-23,25,27,30H,7-13,17,19,21H2,1-6H3,(H,42,49)(H,43,45)(H,47,48)/t23?,25-,27?,30?,39?/m1/s1. The molecule has 53 heavy (non-hydrogen) atoms. The van der Waals surface area contributed by atoms with E-state index in [2.05, 4.69) is 29.5 Å². The maximum absolute atomic E-state index is 14.5. The van der Waals surface area contributed by atoms with Gasteiger partial charge in [-0.15, -0.1) is 11.3 Å². The first-order chi connectivity index (χ1) is 25.2. The zero-order chi connectivity index (χ0) is 38.1. The van der Waals surface area contributed by atoms with Crippen LogP contribution in [0.25, 0.3) is 21.5 Å². The molecule has 1 aliphatic carbocycles. The van der Waals surface area contributed by atoms with Crippen molar-refractivity contribution >= 4 is 46.1 Å². The van der Waals surface area contributed by atoms with Crippen LogP contribution in [0, 0.1) is 5.92 Å². The number of pyridine rings is 1. The Labute approximate surface area is 314 Å². The number of hydrogen-bond donors (Lipinski definition) is 3. The molecule has 2 saturated heterocycles. The first-order valence-electron chi connectivity index (χ1n) is 18.6. The number of alkyl carbamates (subject to hydrolysis) is 1. The Morgan fingerprint density at radius 3 is 2.51 bits per heavy atom. The van der Waals surface area contributed by atoms with Crippen LogP contribution in [0.1, 0.15) is 103 Å². The lowest BCUT2D eigenvalue weighted by molar-refractivity contribution is -0.146. The smallest absolute Gasteiger partial charge is 0.408 e. The van der Waals surface area contributed by atoms with Crippen LogP contribution in [-0.4, -0.2) is 86.8 Å². The molecule has 1 saturated carbocycles. The maximum Gasteiger partial charge on any atom is 0.408 e. The lowest BCUT2D eigenvalue weighted by Crippen LogP contribution is -2.56. The number of carboxylic acid groups (broad SMARTS) is 1. The first kappa shape index (κ1) is 38.3. The molecule has 0 bridgehead atoms. The van der Waals surface area contributed by atoms with E-state index in [-0.39, 0.29) is 24.8 Å². The molecule has 14 heteroatoms. The fraction of sp³-hybridized carbons (Fsp3) is 0.590. The fourth-order valence-electron chi connectivity index (χ4n) is 7.38. The van der Waals surface area contributed by atoms with E-state index in [1.807, 2.05) is 24.3 Å². The van der Waals surface area contributed by atoms with Crippen LogP contribution in [0.2, 0.25) is 0 Å². The van der Waals surface area contributed by atoms with Crippen molar-refractivity contribution in [1.82, 2.24) is 25.5 Å². The normalized spacial score (nSPS) is 25.5. The van der Waals surface area contributed by atoms with Gasteiger partial charge in [-0.05, 0) is 58.1 Å². The Morgan fingerprint density at radius 2 is 1.83 bits per heavy atom. The van der Waals surface area contributed by atoms with Crippen LogP contribution in [0.15, 0.2) is 30.5 Å². The zero-order valence-corrected chi connectivity index (χ0v) is 32.2. The summed E-state index contributed by atoms with van der Waals surface area (Å²) >= 11 is 1.55. The monoisotopic (exact) mass is 749 g/mol. The second-order valence-corrected chi connectivity index (χ2v) is 16.9. The summed E-state index contributed by atoms with van der Waals surface area (Å²) in [6.07, 6.45) is 6.21. The average molecular weight is 750 g/mol. The van der Waals surface area contributed by atoms with Gasteiger partial charge in [-0.3, -0.25) is 9.59 Å². The molecule has 0 radical (unpaired) electrons. The van der Waals surface area contributed by atoms with Crippen molar-refractivity contribution < 1.29 is 38.5 Å². The molecule has 3 fully saturated rings. The van der Waals surface area contributed by atoms with Crippen LogP contribution >= 0.6 is 11.3 Å². The Kier molecular flexibility index (Phi) is 11.2. The van der Waals surface area contributed by atoms with E-state index in [0.717, 1.165) is 41.0 Å². The number of hydrogen-bond acceptors (Lipinski definition) is 10. The van der Waals surface area contributed by atoms with E-state index in [1.54, 1.807) is 45.4 Å². The highest BCUT2D eigenvalue weighted by molar-refractivity contribution is 7.15. The predicted octanol–water partition coefficient (Wildman–Crippen LogP) is 6.44. The molecule has 3 aromatic rings. The van der Waals surface area contributed by atoms with Crippen molar-refractivity contribution in [1.29, 1.82) is 0 Å². The van der Waals surface area contributed by atoms with E-state index in [0.29, 0.717) is 48.4 Å². The van der Waals surface area contributed by atoms with Gasteiger partial charge in [-0.2, -0.15) is 0 Å². The number of rotatable bonds is 7. The summed E-state index contributed by atoms with van der Waals surface area (Å²) in [6.45, 7) is 9.46. The van der Waals surface area contributed by atoms with E-state index in [4.69, 9.17) is 19.2 Å². The van der Waals surface area contributed by atoms with Crippen LogP contribution in [0.5, 0.6) is 11.5 Å². The van der Waals surface area contributed by atoms with Crippen LogP contribution in [0.4, 0.5) is 4.79 Å². The van der Waals surface area contributed by atoms with Gasteiger partial charge in [0.25, 0.3) is 0 Å². The van der Waals surface area contributed by atoms with E-state index in [1.165, 1.54) is 4.90 Å². The highest BCUT2D eigenvalue weighted by atomic mass is 32.1. The number of benzene rings is 1. The summed E-state index contributed by atoms with van der Waals surface area (Å²) in [6, 6.07) is 5.39. The number of thiazole rings is 1. The SMILES string of the molecule is COc1ccc2c(O[C@@H]3CC4C(=O)NC5(C(=O)O)CC5CCCCCCCC(NC(=O)OC(C)(C)C)C(=O)N4C3)cc(-c3cnc(C(C)C)s3)nc2c1. The molecule has 3 aliphatic rings. The Balaban J connectivity index is 1.34. The summed E-state index contributed by atoms with van der Waals surface area (Å²) in [4.78, 5) is 66.0. The minimum atomic E-state index is -1.36. The molecule has 2 aliphatic heterocycles. The molecular formula is C39H51N5O8S. The number of methoxy groups -OCH3 is 1. The molecule has 4 heterocycles. The van der Waals surface area contributed by atoms with Crippen molar-refractivity contribution in [3.8, 4) is 22.1 Å². The topological polar surface area (TPSA) is 169 Å². The zero-order valence-electron chi connectivity index (χ0n) is 31.4. The Morgan fingerprint density at radius 1 is 1.09 bits per heavy atom. The number of nitrogens with one attached hydrogen (secondary N) is 2. The van der Waals surface area contributed by atoms with Gasteiger partial charge in [0.05, 0.1) is 34.7 Å². The third-order valence-electron chi connectivity index (χ3n) is 10.3. The molecule has 13 nitrogen and oxygen atoms in total. The van der Waals surface area contributed by atoms with Gasteiger partial charge < -0.3 is 34.9 Å². The van der Waals surface area contributed by atoms with Crippen molar-refractivity contribution in [2.75, 3.05) is 13.7 Å². The second kappa shape index (κ2) is 15.5. The van der Waals surface area contributed by atoms with Gasteiger partial charge in [0, 0.05) is 36.1 Å². The average Bonchev–Trinajstić information content (AvgIpc) is 3.40. The van der Waals surface area contributed by atoms with Crippen LogP contribution in [-0.2, 0) is 19.1 Å². The van der Waals surface area contributed by atoms with Gasteiger partial charge in [0.15, 0.2) is 0 Å². The minimum Gasteiger partial charge on any atom is -0.497 e. The van der Waals surface area contributed by atoms with Crippen LogP contribution < -0.4 is 20.1 Å². The summed E-state index contributed by atoms with van der Waals surface area (Å²) in [5.41, 5.74) is -0.836. The maximum atomic E-state index is 14.5. The van der Waals surface area contributed by atoms with Gasteiger partial charge >= 0.3 is 12.1 Å². The largest absolute Gasteiger partial charge is 0.497 e. The third kappa shape index (κ3) is 8.69. The molecule has 3 N–H and O–H groups in total. The highest BCUT2D eigenvalue weighted by Crippen LogP contribution is 2.48. The minimum absolute atomic E-state index is 0.0419. The molecule has 4 unspecified atom stereocenters. The quantitative estimate of drug-likeness (QED) is 0.245. The van der Waals surface area contributed by atoms with Crippen molar-refractivity contribution in [3.05, 3.63) is 35.5 Å². The number of amides is 3. The molecule has 3 amide bonds. The lowest BCUT2D eigenvalue weighted by Gasteiger charge is -2.30. The fourth-order valence-corrected chi connectivity index (χ4v) is 8.26. The number of fused-ring (bicyclic) bond motifs is 3. The number of ether oxygens (including phenoxy) is 3. The van der Waals surface area contributed by atoms with Crippen molar-refractivity contribution in [3.63, 3.8) is 0 Å². The second-order valence-electron chi connectivity index (χ2n) is 15.8. The molecule has 0 spiro atoms. The molecule has 1 aromatic carbocycles. The first-order valence-corrected chi connectivity index (χ1v) is 19.5. The Bertz CT molecular complexity index is 1860. The number of nitrogens with zero attached hydrogens (tertiary/aromatic N) is 3. The third-order valence-corrected chi connectivity index (χ3v) is 11.6. The lowest BCUT2D eigenvalue weighted by atomic mass is 10.0. The molecule has 6 rings (SSSR count). The number of carboxylic acids is 1. The van der Waals surface area contributed by atoms with Crippen molar-refractivity contribution in [2.24, 2.45) is 5.92 Å². The molecule has 286 valence electrons. The van der Waals surface area contributed by atoms with Crippen LogP contribution in [0.3, 0.4) is 0 Å². The Hall–Kier alpha value is -4.46. The van der Waals surface area contributed by atoms with E-state index < -0.39 is 53.2 Å². The summed E-state index contributed by atoms with van der Waals surface area (Å²) in [5.74, 6) is -0.833. The number of carbonyl (C=O) groups excluding carboxylic acids is 3. The summed E-state index contributed by atoms with van der Waals surface area (Å²) < 4.78 is 17.7. The van der Waals surface area contributed by atoms with Gasteiger partial charge in [-0.25, -0.2) is 19.6 Å². The van der Waals surface area contributed by atoms with E-state index in [9.17, 15) is 24.3 Å². The van der Waals surface area contributed by atoms with Gasteiger partial charge in [-0.1, -0.05) is 46.0 Å². The van der Waals surface area contributed by atoms with Gasteiger partial charge in [0.2, 0.25) is 11.8 Å². The van der Waals surface area contributed by atoms with Crippen molar-refractivity contribution in [2.45, 2.75) is 128 Å². The number of aromatic nitrogens is 2.